The monoisotopic (exact) mass is 412 g/mol. The van der Waals surface area contributed by atoms with Crippen LogP contribution in [0.2, 0.25) is 0 Å². The van der Waals surface area contributed by atoms with Crippen LogP contribution in [0.15, 0.2) is 0 Å². The summed E-state index contributed by atoms with van der Waals surface area (Å²) in [5.74, 6) is -2.78. The Kier molecular flexibility index (Phi) is 5.52. The molecule has 7 nitrogen and oxygen atoms in total. The SMILES string of the molecule is CC(=O)N[C@H]1C[C@H]2CN(C3CCC(F)(F)CC3)[C@@H](CNC(=O)C3CC3)C(=O)N2C1. The lowest BCUT2D eigenvalue weighted by atomic mass is 9.89. The first-order valence-electron chi connectivity index (χ1n) is 10.7. The van der Waals surface area contributed by atoms with E-state index in [-0.39, 0.29) is 61.2 Å². The summed E-state index contributed by atoms with van der Waals surface area (Å²) >= 11 is 0. The van der Waals surface area contributed by atoms with Crippen LogP contribution in [0.5, 0.6) is 0 Å². The Morgan fingerprint density at radius 1 is 1.10 bits per heavy atom. The average Bonchev–Trinajstić information content (AvgIpc) is 3.42. The number of hydrogen-bond acceptors (Lipinski definition) is 4. The first kappa shape index (κ1) is 20.5. The number of hydrogen-bond donors (Lipinski definition) is 2. The lowest BCUT2D eigenvalue weighted by Crippen LogP contribution is -2.65. The molecule has 0 aromatic carbocycles. The fourth-order valence-corrected chi connectivity index (χ4v) is 5.11. The zero-order valence-electron chi connectivity index (χ0n) is 16.8. The molecule has 3 atom stereocenters. The lowest BCUT2D eigenvalue weighted by Gasteiger charge is -2.47. The van der Waals surface area contributed by atoms with E-state index in [0.717, 1.165) is 12.8 Å². The maximum absolute atomic E-state index is 13.7. The van der Waals surface area contributed by atoms with Gasteiger partial charge < -0.3 is 15.5 Å². The molecule has 3 amide bonds. The molecule has 0 aromatic rings. The number of fused-ring (bicyclic) bond motifs is 1. The molecule has 4 rings (SSSR count). The third kappa shape index (κ3) is 4.54. The highest BCUT2D eigenvalue weighted by Crippen LogP contribution is 2.38. The second-order valence-corrected chi connectivity index (χ2v) is 9.10. The zero-order chi connectivity index (χ0) is 20.8. The summed E-state index contributed by atoms with van der Waals surface area (Å²) in [5, 5.41) is 5.80. The van der Waals surface area contributed by atoms with Gasteiger partial charge in [-0.3, -0.25) is 19.3 Å². The van der Waals surface area contributed by atoms with Gasteiger partial charge in [-0.15, -0.1) is 0 Å². The van der Waals surface area contributed by atoms with Crippen LogP contribution in [0.3, 0.4) is 0 Å². The molecule has 162 valence electrons. The van der Waals surface area contributed by atoms with Gasteiger partial charge in [-0.2, -0.15) is 0 Å². The van der Waals surface area contributed by atoms with Gasteiger partial charge in [0.05, 0.1) is 0 Å². The molecule has 0 unspecified atom stereocenters. The number of halogens is 2. The summed E-state index contributed by atoms with van der Waals surface area (Å²) in [7, 11) is 0. The van der Waals surface area contributed by atoms with Crippen LogP contribution in [-0.4, -0.2) is 77.2 Å². The molecule has 2 saturated heterocycles. The van der Waals surface area contributed by atoms with Crippen molar-refractivity contribution in [2.24, 2.45) is 5.92 Å². The van der Waals surface area contributed by atoms with Crippen molar-refractivity contribution in [3.63, 3.8) is 0 Å². The summed E-state index contributed by atoms with van der Waals surface area (Å²) in [6.07, 6.45) is 2.84. The minimum Gasteiger partial charge on any atom is -0.354 e. The number of amides is 3. The van der Waals surface area contributed by atoms with Crippen LogP contribution in [0.4, 0.5) is 8.78 Å². The highest BCUT2D eigenvalue weighted by molar-refractivity contribution is 5.86. The van der Waals surface area contributed by atoms with Crippen molar-refractivity contribution in [1.29, 1.82) is 0 Å². The van der Waals surface area contributed by atoms with E-state index in [0.29, 0.717) is 32.4 Å². The number of carbonyl (C=O) groups is 3. The summed E-state index contributed by atoms with van der Waals surface area (Å²) in [5.41, 5.74) is 0. The normalized spacial score (nSPS) is 32.7. The summed E-state index contributed by atoms with van der Waals surface area (Å²) < 4.78 is 27.3. The molecule has 2 aliphatic heterocycles. The van der Waals surface area contributed by atoms with Gasteiger partial charge in [0.2, 0.25) is 23.6 Å². The van der Waals surface area contributed by atoms with E-state index in [1.54, 1.807) is 0 Å². The maximum Gasteiger partial charge on any atom is 0.248 e. The maximum atomic E-state index is 13.7. The van der Waals surface area contributed by atoms with Crippen LogP contribution in [0.25, 0.3) is 0 Å². The van der Waals surface area contributed by atoms with Gasteiger partial charge in [-0.1, -0.05) is 0 Å². The zero-order valence-corrected chi connectivity index (χ0v) is 16.8. The van der Waals surface area contributed by atoms with Gasteiger partial charge in [0.25, 0.3) is 0 Å². The van der Waals surface area contributed by atoms with E-state index in [2.05, 4.69) is 15.5 Å². The fourth-order valence-electron chi connectivity index (χ4n) is 5.11. The van der Waals surface area contributed by atoms with Crippen LogP contribution >= 0.6 is 0 Å². The van der Waals surface area contributed by atoms with Crippen LogP contribution in [0, 0.1) is 5.92 Å². The molecule has 0 radical (unpaired) electrons. The quantitative estimate of drug-likeness (QED) is 0.703. The molecule has 2 N–H and O–H groups in total. The van der Waals surface area contributed by atoms with Gasteiger partial charge >= 0.3 is 0 Å². The first-order valence-corrected chi connectivity index (χ1v) is 10.7. The molecule has 0 spiro atoms. The highest BCUT2D eigenvalue weighted by atomic mass is 19.3. The number of nitrogens with one attached hydrogen (secondary N) is 2. The van der Waals surface area contributed by atoms with Crippen molar-refractivity contribution < 1.29 is 23.2 Å². The van der Waals surface area contributed by atoms with Crippen molar-refractivity contribution in [2.75, 3.05) is 19.6 Å². The summed E-state index contributed by atoms with van der Waals surface area (Å²) in [4.78, 5) is 40.7. The predicted molar refractivity (Wildman–Crippen MR) is 101 cm³/mol. The Morgan fingerprint density at radius 2 is 1.79 bits per heavy atom. The Balaban J connectivity index is 1.47. The Hall–Kier alpha value is -1.77. The van der Waals surface area contributed by atoms with Crippen molar-refractivity contribution in [1.82, 2.24) is 20.4 Å². The van der Waals surface area contributed by atoms with E-state index < -0.39 is 12.0 Å². The number of rotatable bonds is 5. The standard InChI is InChI=1S/C20H30F2N4O3/c1-12(27)24-14-8-16-11-25(15-4-6-20(21,22)7-5-15)17(19(29)26(16)10-14)9-23-18(28)13-2-3-13/h13-17H,2-11H2,1H3,(H,23,28)(H,24,27)/t14-,16-,17-/m0/s1. The lowest BCUT2D eigenvalue weighted by molar-refractivity contribution is -0.147. The molecule has 29 heavy (non-hydrogen) atoms. The van der Waals surface area contributed by atoms with Crippen LogP contribution in [-0.2, 0) is 14.4 Å². The van der Waals surface area contributed by atoms with Crippen LogP contribution < -0.4 is 10.6 Å². The summed E-state index contributed by atoms with van der Waals surface area (Å²) in [6, 6.07) is -0.721. The van der Waals surface area contributed by atoms with Crippen molar-refractivity contribution in [2.45, 2.75) is 82.0 Å². The van der Waals surface area contributed by atoms with Crippen molar-refractivity contribution in [3.05, 3.63) is 0 Å². The number of piperazine rings is 1. The molecule has 9 heteroatoms. The number of nitrogens with zero attached hydrogens (tertiary/aromatic N) is 2. The molecule has 2 aliphatic carbocycles. The Bertz CT molecular complexity index is 675. The van der Waals surface area contributed by atoms with Crippen molar-refractivity contribution >= 4 is 17.7 Å². The van der Waals surface area contributed by atoms with Crippen LogP contribution in [0.1, 0.15) is 51.9 Å². The van der Waals surface area contributed by atoms with Gasteiger partial charge in [-0.05, 0) is 32.1 Å². The van der Waals surface area contributed by atoms with Crippen molar-refractivity contribution in [3.8, 4) is 0 Å². The average molecular weight is 412 g/mol. The third-order valence-corrected chi connectivity index (χ3v) is 6.79. The smallest absolute Gasteiger partial charge is 0.248 e. The van der Waals surface area contributed by atoms with E-state index in [1.165, 1.54) is 6.92 Å². The molecule has 2 heterocycles. The number of alkyl halides is 2. The molecular formula is C20H30F2N4O3. The van der Waals surface area contributed by atoms with E-state index in [1.807, 2.05) is 4.90 Å². The van der Waals surface area contributed by atoms with Gasteiger partial charge in [-0.25, -0.2) is 8.78 Å². The van der Waals surface area contributed by atoms with Gasteiger partial charge in [0.15, 0.2) is 0 Å². The van der Waals surface area contributed by atoms with Gasteiger partial charge in [0, 0.05) is 63.4 Å². The van der Waals surface area contributed by atoms with E-state index in [4.69, 9.17) is 0 Å². The molecule has 2 saturated carbocycles. The molecule has 4 fully saturated rings. The Labute approximate surface area is 169 Å². The third-order valence-electron chi connectivity index (χ3n) is 6.79. The molecule has 0 aromatic heterocycles. The fraction of sp³-hybridized carbons (Fsp3) is 0.850. The number of carbonyl (C=O) groups excluding carboxylic acids is 3. The minimum absolute atomic E-state index is 0.0207. The van der Waals surface area contributed by atoms with E-state index in [9.17, 15) is 23.2 Å². The Morgan fingerprint density at radius 3 is 2.41 bits per heavy atom. The highest BCUT2D eigenvalue weighted by Gasteiger charge is 2.49. The molecule has 4 aliphatic rings. The second-order valence-electron chi connectivity index (χ2n) is 9.10. The summed E-state index contributed by atoms with van der Waals surface area (Å²) in [6.45, 7) is 2.74. The second kappa shape index (κ2) is 7.81. The first-order chi connectivity index (χ1) is 13.7. The molecule has 0 bridgehead atoms. The van der Waals surface area contributed by atoms with Gasteiger partial charge in [0.1, 0.15) is 6.04 Å². The molecular weight excluding hydrogens is 382 g/mol. The predicted octanol–water partition coefficient (Wildman–Crippen LogP) is 0.880. The minimum atomic E-state index is -2.62. The van der Waals surface area contributed by atoms with E-state index >= 15 is 0 Å². The largest absolute Gasteiger partial charge is 0.354 e. The topological polar surface area (TPSA) is 81.8 Å².